The fourth-order valence-corrected chi connectivity index (χ4v) is 2.95. The number of amides is 1. The van der Waals surface area contributed by atoms with Crippen molar-refractivity contribution in [3.8, 4) is 17.3 Å². The van der Waals surface area contributed by atoms with Gasteiger partial charge in [-0.25, -0.2) is 4.79 Å². The summed E-state index contributed by atoms with van der Waals surface area (Å²) in [7, 11) is 0. The summed E-state index contributed by atoms with van der Waals surface area (Å²) < 4.78 is 5.41. The maximum Gasteiger partial charge on any atom is 0.338 e. The van der Waals surface area contributed by atoms with Crippen molar-refractivity contribution in [3.63, 3.8) is 0 Å². The molecule has 0 atom stereocenters. The van der Waals surface area contributed by atoms with Gasteiger partial charge in [0.05, 0.1) is 45.4 Å². The van der Waals surface area contributed by atoms with Gasteiger partial charge in [-0.1, -0.05) is 23.7 Å². The number of rotatable bonds is 4. The molecule has 2 aromatic carbocycles. The number of hydrogen-bond acceptors (Lipinski definition) is 5. The number of carbonyl (C=O) groups excluding carboxylic acids is 2. The summed E-state index contributed by atoms with van der Waals surface area (Å²) in [6.45, 7) is 5.44. The number of pyridine rings is 1. The molecule has 0 radical (unpaired) electrons. The van der Waals surface area contributed by atoms with E-state index >= 15 is 0 Å². The number of nitriles is 1. The lowest BCUT2D eigenvalue weighted by Crippen LogP contribution is -2.23. The zero-order valence-corrected chi connectivity index (χ0v) is 18.0. The van der Waals surface area contributed by atoms with E-state index in [2.05, 4.69) is 10.3 Å². The van der Waals surface area contributed by atoms with Gasteiger partial charge in [-0.05, 0) is 63.2 Å². The molecule has 3 rings (SSSR count). The fraction of sp³-hybridized carbons (Fsp3) is 0.167. The van der Waals surface area contributed by atoms with Crippen LogP contribution in [0.1, 0.15) is 47.1 Å². The predicted molar refractivity (Wildman–Crippen MR) is 119 cm³/mol. The second-order valence-electron chi connectivity index (χ2n) is 7.78. The van der Waals surface area contributed by atoms with Gasteiger partial charge >= 0.3 is 5.97 Å². The molecule has 1 N–H and O–H groups in total. The van der Waals surface area contributed by atoms with Crippen LogP contribution in [0.3, 0.4) is 0 Å². The molecule has 0 aliphatic heterocycles. The number of esters is 1. The maximum absolute atomic E-state index is 12.5. The molecule has 0 spiro atoms. The lowest BCUT2D eigenvalue weighted by Gasteiger charge is -2.19. The summed E-state index contributed by atoms with van der Waals surface area (Å²) in [4.78, 5) is 29.2. The molecule has 0 fully saturated rings. The molecule has 3 aromatic rings. The molecule has 0 bridgehead atoms. The molecule has 156 valence electrons. The monoisotopic (exact) mass is 433 g/mol. The average molecular weight is 434 g/mol. The van der Waals surface area contributed by atoms with Gasteiger partial charge in [-0.2, -0.15) is 5.26 Å². The van der Waals surface area contributed by atoms with Crippen molar-refractivity contribution >= 4 is 29.2 Å². The molecular weight excluding hydrogens is 414 g/mol. The number of nitrogens with one attached hydrogen (secondary N) is 1. The van der Waals surface area contributed by atoms with Gasteiger partial charge in [0.1, 0.15) is 5.60 Å². The number of carbonyl (C=O) groups is 2. The molecule has 1 aromatic heterocycles. The number of anilines is 1. The van der Waals surface area contributed by atoms with Gasteiger partial charge in [0.2, 0.25) is 0 Å². The highest BCUT2D eigenvalue weighted by Crippen LogP contribution is 2.23. The second kappa shape index (κ2) is 8.99. The number of nitrogens with zero attached hydrogens (tertiary/aromatic N) is 2. The highest BCUT2D eigenvalue weighted by atomic mass is 35.5. The first-order chi connectivity index (χ1) is 14.7. The Hall–Kier alpha value is -3.69. The predicted octanol–water partition coefficient (Wildman–Crippen LogP) is 5.48. The molecule has 6 nitrogen and oxygen atoms in total. The molecule has 7 heteroatoms. The zero-order chi connectivity index (χ0) is 22.6. The van der Waals surface area contributed by atoms with Crippen LogP contribution in [0.2, 0.25) is 5.02 Å². The summed E-state index contributed by atoms with van der Waals surface area (Å²) in [6.07, 6.45) is 1.51. The van der Waals surface area contributed by atoms with Crippen LogP contribution in [0.4, 0.5) is 5.69 Å². The summed E-state index contributed by atoms with van der Waals surface area (Å²) in [5, 5.41) is 12.0. The Bertz CT molecular complexity index is 1180. The van der Waals surface area contributed by atoms with Crippen LogP contribution in [0.15, 0.2) is 60.8 Å². The molecule has 0 unspecified atom stereocenters. The van der Waals surface area contributed by atoms with Gasteiger partial charge in [0, 0.05) is 5.56 Å². The molecule has 1 amide bonds. The second-order valence-corrected chi connectivity index (χ2v) is 8.18. The van der Waals surface area contributed by atoms with Gasteiger partial charge in [0.15, 0.2) is 0 Å². The van der Waals surface area contributed by atoms with E-state index in [1.165, 1.54) is 18.3 Å². The summed E-state index contributed by atoms with van der Waals surface area (Å²) >= 11 is 6.08. The van der Waals surface area contributed by atoms with Gasteiger partial charge in [-0.3, -0.25) is 9.78 Å². The number of ether oxygens (including phenoxy) is 1. The van der Waals surface area contributed by atoms with Gasteiger partial charge < -0.3 is 10.1 Å². The molecule has 0 saturated carbocycles. The highest BCUT2D eigenvalue weighted by Gasteiger charge is 2.18. The van der Waals surface area contributed by atoms with Crippen LogP contribution in [-0.2, 0) is 4.74 Å². The van der Waals surface area contributed by atoms with E-state index < -0.39 is 17.5 Å². The van der Waals surface area contributed by atoms with Crippen molar-refractivity contribution in [2.45, 2.75) is 26.4 Å². The maximum atomic E-state index is 12.5. The molecular formula is C24H20ClN3O3. The normalized spacial score (nSPS) is 10.8. The van der Waals surface area contributed by atoms with Crippen molar-refractivity contribution in [1.29, 1.82) is 5.26 Å². The van der Waals surface area contributed by atoms with Crippen molar-refractivity contribution < 1.29 is 14.3 Å². The third kappa shape index (κ3) is 5.68. The fourth-order valence-electron chi connectivity index (χ4n) is 2.75. The van der Waals surface area contributed by atoms with E-state index in [-0.39, 0.29) is 10.6 Å². The Labute approximate surface area is 185 Å². The average Bonchev–Trinajstić information content (AvgIpc) is 2.73. The smallest absolute Gasteiger partial charge is 0.338 e. The number of benzene rings is 2. The van der Waals surface area contributed by atoms with Crippen molar-refractivity contribution in [3.05, 3.63) is 82.5 Å². The van der Waals surface area contributed by atoms with Crippen molar-refractivity contribution in [1.82, 2.24) is 4.98 Å². The number of aromatic nitrogens is 1. The molecule has 0 aliphatic carbocycles. The van der Waals surface area contributed by atoms with Crippen LogP contribution in [0, 0.1) is 11.3 Å². The van der Waals surface area contributed by atoms with E-state index in [9.17, 15) is 9.59 Å². The van der Waals surface area contributed by atoms with E-state index in [0.29, 0.717) is 22.5 Å². The molecule has 0 saturated heterocycles. The summed E-state index contributed by atoms with van der Waals surface area (Å²) in [5.41, 5.74) is 2.23. The third-order valence-corrected chi connectivity index (χ3v) is 4.48. The lowest BCUT2D eigenvalue weighted by molar-refractivity contribution is 0.00694. The minimum Gasteiger partial charge on any atom is -0.456 e. The van der Waals surface area contributed by atoms with E-state index in [0.717, 1.165) is 5.56 Å². The third-order valence-electron chi connectivity index (χ3n) is 4.15. The quantitative estimate of drug-likeness (QED) is 0.550. The summed E-state index contributed by atoms with van der Waals surface area (Å²) in [5.74, 6) is -0.849. The van der Waals surface area contributed by atoms with Crippen LogP contribution in [-0.4, -0.2) is 22.5 Å². The highest BCUT2D eigenvalue weighted by molar-refractivity contribution is 6.34. The Kier molecular flexibility index (Phi) is 6.38. The van der Waals surface area contributed by atoms with Crippen LogP contribution < -0.4 is 5.32 Å². The van der Waals surface area contributed by atoms with Gasteiger partial charge in [-0.15, -0.1) is 0 Å². The largest absolute Gasteiger partial charge is 0.456 e. The van der Waals surface area contributed by atoms with E-state index in [4.69, 9.17) is 21.6 Å². The molecule has 0 aliphatic rings. The topological polar surface area (TPSA) is 92.1 Å². The van der Waals surface area contributed by atoms with Crippen molar-refractivity contribution in [2.75, 3.05) is 5.32 Å². The Morgan fingerprint density at radius 2 is 1.87 bits per heavy atom. The molecule has 31 heavy (non-hydrogen) atoms. The van der Waals surface area contributed by atoms with Crippen LogP contribution in [0.5, 0.6) is 0 Å². The first kappa shape index (κ1) is 22.0. The van der Waals surface area contributed by atoms with Crippen molar-refractivity contribution in [2.24, 2.45) is 0 Å². The first-order valence-corrected chi connectivity index (χ1v) is 9.85. The Morgan fingerprint density at radius 1 is 1.10 bits per heavy atom. The SMILES string of the molecule is CC(C)(C)OC(=O)c1cccc(-c2ccc(NC(=O)c3cc(C#N)ccc3Cl)cn2)c1. The minimum absolute atomic E-state index is 0.204. The van der Waals surface area contributed by atoms with Crippen LogP contribution >= 0.6 is 11.6 Å². The Morgan fingerprint density at radius 3 is 2.52 bits per heavy atom. The molecule has 1 heterocycles. The van der Waals surface area contributed by atoms with E-state index in [1.54, 1.807) is 36.4 Å². The zero-order valence-electron chi connectivity index (χ0n) is 17.3. The van der Waals surface area contributed by atoms with Gasteiger partial charge in [0.25, 0.3) is 5.91 Å². The number of halogens is 1. The lowest BCUT2D eigenvalue weighted by atomic mass is 10.1. The van der Waals surface area contributed by atoms with E-state index in [1.807, 2.05) is 32.9 Å². The Balaban J connectivity index is 1.77. The summed E-state index contributed by atoms with van der Waals surface area (Å²) in [6, 6.07) is 16.9. The minimum atomic E-state index is -0.582. The van der Waals surface area contributed by atoms with Crippen LogP contribution in [0.25, 0.3) is 11.3 Å². The first-order valence-electron chi connectivity index (χ1n) is 9.47. The standard InChI is InChI=1S/C24H20ClN3O3/c1-24(2,3)31-23(30)17-6-4-5-16(12-17)21-10-8-18(14-27-21)28-22(29)19-11-15(13-26)7-9-20(19)25/h4-12,14H,1-3H3,(H,28,29). The number of hydrogen-bond donors (Lipinski definition) is 1.